The van der Waals surface area contributed by atoms with E-state index in [1.807, 2.05) is 0 Å². The molecule has 324 valence electrons. The van der Waals surface area contributed by atoms with Gasteiger partial charge in [0.25, 0.3) is 0 Å². The zero-order valence-electron chi connectivity index (χ0n) is 35.0. The van der Waals surface area contributed by atoms with Gasteiger partial charge in [-0.1, -0.05) is 135 Å². The van der Waals surface area contributed by atoms with Crippen LogP contribution in [0.3, 0.4) is 0 Å². The third-order valence-electron chi connectivity index (χ3n) is 14.3. The van der Waals surface area contributed by atoms with Crippen LogP contribution in [0.2, 0.25) is 0 Å². The summed E-state index contributed by atoms with van der Waals surface area (Å²) in [6, 6.07) is 0.0689. The molecule has 0 amide bonds. The van der Waals surface area contributed by atoms with Gasteiger partial charge in [0.05, 0.1) is 25.4 Å². The predicted octanol–water partition coefficient (Wildman–Crippen LogP) is 7.34. The Labute approximate surface area is 335 Å². The maximum Gasteiger partial charge on any atom is 0.186 e. The van der Waals surface area contributed by atoms with Gasteiger partial charge in [0.1, 0.15) is 24.4 Å². The molecule has 10 nitrogen and oxygen atoms in total. The van der Waals surface area contributed by atoms with E-state index in [1.54, 1.807) is 0 Å². The summed E-state index contributed by atoms with van der Waals surface area (Å²) in [6.07, 6.45) is 29.2. The summed E-state index contributed by atoms with van der Waals surface area (Å²) in [4.78, 5) is 0. The summed E-state index contributed by atoms with van der Waals surface area (Å²) in [5, 5.41) is 63.3. The van der Waals surface area contributed by atoms with Gasteiger partial charge in [-0.25, -0.2) is 0 Å². The van der Waals surface area contributed by atoms with Crippen molar-refractivity contribution in [2.45, 2.75) is 255 Å². The molecule has 55 heavy (non-hydrogen) atoms. The van der Waals surface area contributed by atoms with Crippen LogP contribution >= 0.6 is 0 Å². The molecule has 2 aliphatic heterocycles. The van der Waals surface area contributed by atoms with Crippen LogP contribution in [0.5, 0.6) is 0 Å². The quantitative estimate of drug-likeness (QED) is 0.0334. The summed E-state index contributed by atoms with van der Waals surface area (Å²) in [5.74, 6) is 0.546. The number of hydrazine groups is 1. The fourth-order valence-corrected chi connectivity index (χ4v) is 10.3. The molecule has 2 bridgehead atoms. The summed E-state index contributed by atoms with van der Waals surface area (Å²) in [5.41, 5.74) is 7.52. The minimum Gasteiger partial charge on any atom is -0.394 e. The van der Waals surface area contributed by atoms with E-state index >= 15 is 0 Å². The minimum atomic E-state index is -1.53. The molecule has 3 saturated carbocycles. The number of ether oxygens (including phenoxy) is 2. The number of nitrogens with one attached hydrogen (secondary N) is 2. The van der Waals surface area contributed by atoms with Gasteiger partial charge in [-0.3, -0.25) is 10.9 Å². The van der Waals surface area contributed by atoms with Crippen molar-refractivity contribution in [3.05, 3.63) is 0 Å². The van der Waals surface area contributed by atoms with Crippen molar-refractivity contribution in [1.82, 2.24) is 10.9 Å². The van der Waals surface area contributed by atoms with Crippen molar-refractivity contribution in [1.29, 1.82) is 0 Å². The molecule has 7 unspecified atom stereocenters. The van der Waals surface area contributed by atoms with E-state index in [4.69, 9.17) is 9.47 Å². The van der Waals surface area contributed by atoms with Gasteiger partial charge in [-0.05, 0) is 75.5 Å². The molecule has 8 N–H and O–H groups in total. The third kappa shape index (κ3) is 16.3. The van der Waals surface area contributed by atoms with Gasteiger partial charge < -0.3 is 40.1 Å². The van der Waals surface area contributed by atoms with E-state index in [0.717, 1.165) is 49.9 Å². The van der Waals surface area contributed by atoms with Gasteiger partial charge in [0.15, 0.2) is 6.29 Å². The minimum absolute atomic E-state index is 0.0348. The predicted molar refractivity (Wildman–Crippen MR) is 219 cm³/mol. The SMILES string of the molecule is CCCCCCCCCCCCCC[C@@H](O)[C@@H](O)[C@H](COC1OC(CO)C(O)C(O)C1O)C1CC(CCCCCCCCCCC23CCC(CC2)CC3)NN1. The number of aliphatic hydroxyl groups excluding tert-OH is 6. The second-order valence-electron chi connectivity index (χ2n) is 18.6. The van der Waals surface area contributed by atoms with Crippen molar-refractivity contribution < 1.29 is 40.1 Å². The Kier molecular flexibility index (Phi) is 22.9. The highest BCUT2D eigenvalue weighted by atomic mass is 16.7. The smallest absolute Gasteiger partial charge is 0.186 e. The van der Waals surface area contributed by atoms with E-state index < -0.39 is 55.4 Å². The number of fused-ring (bicyclic) bond motifs is 3. The molecule has 3 aliphatic carbocycles. The largest absolute Gasteiger partial charge is 0.394 e. The summed E-state index contributed by atoms with van der Waals surface area (Å²) in [6.45, 7) is 1.68. The number of hydrogen-bond acceptors (Lipinski definition) is 10. The van der Waals surface area contributed by atoms with Crippen molar-refractivity contribution in [2.75, 3.05) is 13.2 Å². The lowest BCUT2D eigenvalue weighted by Gasteiger charge is -2.47. The van der Waals surface area contributed by atoms with Crippen LogP contribution in [-0.4, -0.2) is 98.9 Å². The Morgan fingerprint density at radius 1 is 0.673 bits per heavy atom. The molecule has 0 radical (unpaired) electrons. The number of unbranched alkanes of at least 4 members (excludes halogenated alkanes) is 18. The van der Waals surface area contributed by atoms with Gasteiger partial charge in [0, 0.05) is 18.0 Å². The molecule has 5 rings (SSSR count). The van der Waals surface area contributed by atoms with Crippen molar-refractivity contribution >= 4 is 0 Å². The van der Waals surface area contributed by atoms with Crippen molar-refractivity contribution in [2.24, 2.45) is 17.3 Å². The molecular formula is C45H86N2O8. The average molecular weight is 783 g/mol. The van der Waals surface area contributed by atoms with E-state index in [1.165, 1.54) is 148 Å². The molecule has 0 aromatic heterocycles. The van der Waals surface area contributed by atoms with Gasteiger partial charge in [-0.2, -0.15) is 0 Å². The third-order valence-corrected chi connectivity index (χ3v) is 14.3. The summed E-state index contributed by atoms with van der Waals surface area (Å²) in [7, 11) is 0. The Bertz CT molecular complexity index is 953. The summed E-state index contributed by atoms with van der Waals surface area (Å²) >= 11 is 0. The number of hydrogen-bond donors (Lipinski definition) is 8. The monoisotopic (exact) mass is 783 g/mol. The Hall–Kier alpha value is -0.400. The first-order valence-corrected chi connectivity index (χ1v) is 23.6. The van der Waals surface area contributed by atoms with Crippen LogP contribution in [-0.2, 0) is 9.47 Å². The first kappa shape index (κ1) is 47.3. The maximum atomic E-state index is 11.5. The molecule has 2 heterocycles. The lowest BCUT2D eigenvalue weighted by atomic mass is 9.59. The molecule has 5 fully saturated rings. The maximum absolute atomic E-state index is 11.5. The molecule has 10 atom stereocenters. The van der Waals surface area contributed by atoms with E-state index in [-0.39, 0.29) is 18.7 Å². The highest BCUT2D eigenvalue weighted by Crippen LogP contribution is 2.52. The first-order valence-electron chi connectivity index (χ1n) is 23.6. The van der Waals surface area contributed by atoms with E-state index in [0.29, 0.717) is 6.42 Å². The van der Waals surface area contributed by atoms with E-state index in [9.17, 15) is 30.6 Å². The standard InChI is InChI=1S/C45H86N2O8/c1-2-3-4-5-6-7-8-9-10-14-17-20-23-38(49)40(50)36(33-54-44-43(53)42(52)41(51)39(32-48)55-44)37-31-35(46-47-37)22-19-16-13-11-12-15-18-21-27-45-28-24-34(25-29-45)26-30-45/h34-44,46-53H,2-33H2,1H3/t34?,35?,36-,37?,38-,39?,40+,41?,42?,43?,44?,45?/m1/s1. The Morgan fingerprint density at radius 3 is 1.80 bits per heavy atom. The lowest BCUT2D eigenvalue weighted by Crippen LogP contribution is -2.59. The van der Waals surface area contributed by atoms with E-state index in [2.05, 4.69) is 17.8 Å². The van der Waals surface area contributed by atoms with Crippen molar-refractivity contribution in [3.8, 4) is 0 Å². The topological polar surface area (TPSA) is 164 Å². The van der Waals surface area contributed by atoms with Gasteiger partial charge in [-0.15, -0.1) is 0 Å². The Balaban J connectivity index is 1.13. The number of rotatable bonds is 31. The highest BCUT2D eigenvalue weighted by molar-refractivity contribution is 4.94. The zero-order valence-corrected chi connectivity index (χ0v) is 35.0. The normalized spacial score (nSPS) is 32.6. The van der Waals surface area contributed by atoms with Crippen LogP contribution in [0.25, 0.3) is 0 Å². The average Bonchev–Trinajstić information content (AvgIpc) is 3.67. The fourth-order valence-electron chi connectivity index (χ4n) is 10.3. The van der Waals surface area contributed by atoms with Gasteiger partial charge in [0.2, 0.25) is 0 Å². The molecule has 0 aromatic carbocycles. The highest BCUT2D eigenvalue weighted by Gasteiger charge is 2.45. The first-order chi connectivity index (χ1) is 26.8. The van der Waals surface area contributed by atoms with Crippen molar-refractivity contribution in [3.63, 3.8) is 0 Å². The van der Waals surface area contributed by atoms with Gasteiger partial charge >= 0.3 is 0 Å². The summed E-state index contributed by atoms with van der Waals surface area (Å²) < 4.78 is 11.5. The fraction of sp³-hybridized carbons (Fsp3) is 1.00. The lowest BCUT2D eigenvalue weighted by molar-refractivity contribution is -0.305. The van der Waals surface area contributed by atoms with Crippen LogP contribution < -0.4 is 10.9 Å². The number of aliphatic hydroxyl groups is 6. The van der Waals surface area contributed by atoms with Crippen LogP contribution in [0.1, 0.15) is 200 Å². The molecule has 0 aromatic rings. The molecule has 10 heteroatoms. The second kappa shape index (κ2) is 26.6. The molecule has 2 saturated heterocycles. The van der Waals surface area contributed by atoms with Crippen LogP contribution in [0.4, 0.5) is 0 Å². The molecule has 5 aliphatic rings. The molecule has 0 spiro atoms. The van der Waals surface area contributed by atoms with Crippen LogP contribution in [0.15, 0.2) is 0 Å². The zero-order chi connectivity index (χ0) is 39.3. The second-order valence-corrected chi connectivity index (χ2v) is 18.6. The van der Waals surface area contributed by atoms with Crippen LogP contribution in [0, 0.1) is 17.3 Å². The molecular weight excluding hydrogens is 697 g/mol. The Morgan fingerprint density at radius 2 is 1.22 bits per heavy atom.